The summed E-state index contributed by atoms with van der Waals surface area (Å²) in [6.07, 6.45) is 8.48. The Morgan fingerprint density at radius 3 is 2.22 bits per heavy atom. The van der Waals surface area contributed by atoms with Gasteiger partial charge in [0, 0.05) is 12.6 Å². The van der Waals surface area contributed by atoms with E-state index in [0.717, 1.165) is 6.54 Å². The van der Waals surface area contributed by atoms with Crippen molar-refractivity contribution in [3.63, 3.8) is 0 Å². The molecule has 18 heavy (non-hydrogen) atoms. The van der Waals surface area contributed by atoms with Gasteiger partial charge >= 0.3 is 5.97 Å². The molecule has 1 aliphatic rings. The Morgan fingerprint density at radius 2 is 1.72 bits per heavy atom. The van der Waals surface area contributed by atoms with Gasteiger partial charge < -0.3 is 9.64 Å². The fraction of sp³-hybridized carbons (Fsp3) is 0.933. The Morgan fingerprint density at radius 1 is 1.17 bits per heavy atom. The quantitative estimate of drug-likeness (QED) is 0.570. The van der Waals surface area contributed by atoms with Gasteiger partial charge in [-0.1, -0.05) is 25.7 Å². The van der Waals surface area contributed by atoms with Gasteiger partial charge in [0.2, 0.25) is 0 Å². The van der Waals surface area contributed by atoms with E-state index >= 15 is 0 Å². The zero-order valence-corrected chi connectivity index (χ0v) is 12.5. The largest absolute Gasteiger partial charge is 0.460 e. The maximum absolute atomic E-state index is 11.7. The molecule has 1 fully saturated rings. The van der Waals surface area contributed by atoms with E-state index in [-0.39, 0.29) is 11.6 Å². The molecule has 0 saturated heterocycles. The predicted octanol–water partition coefficient (Wildman–Crippen LogP) is 3.37. The molecular weight excluding hydrogens is 226 g/mol. The number of ether oxygens (including phenoxy) is 1. The summed E-state index contributed by atoms with van der Waals surface area (Å²) in [5.74, 6) is -0.0806. The van der Waals surface area contributed by atoms with Crippen molar-refractivity contribution < 1.29 is 9.53 Å². The predicted molar refractivity (Wildman–Crippen MR) is 74.6 cm³/mol. The summed E-state index contributed by atoms with van der Waals surface area (Å²) in [6, 6.07) is 0.662. The first-order valence-electron chi connectivity index (χ1n) is 7.30. The van der Waals surface area contributed by atoms with Crippen LogP contribution in [0.2, 0.25) is 0 Å². The van der Waals surface area contributed by atoms with Crippen molar-refractivity contribution in [3.05, 3.63) is 0 Å². The van der Waals surface area contributed by atoms with Crippen LogP contribution in [0.1, 0.15) is 65.7 Å². The lowest BCUT2D eigenvalue weighted by Gasteiger charge is -2.27. The molecule has 3 heteroatoms. The molecule has 0 aromatic rings. The Bertz CT molecular complexity index is 250. The maximum atomic E-state index is 11.7. The summed E-state index contributed by atoms with van der Waals surface area (Å²) in [7, 11) is 2.14. The van der Waals surface area contributed by atoms with Crippen LogP contribution in [0.15, 0.2) is 0 Å². The molecule has 0 aliphatic heterocycles. The van der Waals surface area contributed by atoms with E-state index in [1.807, 2.05) is 20.8 Å². The smallest absolute Gasteiger partial charge is 0.307 e. The molecular formula is C15H29NO2. The highest BCUT2D eigenvalue weighted by molar-refractivity contribution is 5.70. The lowest BCUT2D eigenvalue weighted by atomic mass is 10.1. The van der Waals surface area contributed by atoms with Crippen molar-refractivity contribution in [2.24, 2.45) is 0 Å². The molecule has 1 saturated carbocycles. The fourth-order valence-corrected chi connectivity index (χ4v) is 2.54. The lowest BCUT2D eigenvalue weighted by Crippen LogP contribution is -2.34. The van der Waals surface area contributed by atoms with Gasteiger partial charge in [0.25, 0.3) is 0 Å². The minimum absolute atomic E-state index is 0.0806. The van der Waals surface area contributed by atoms with Crippen LogP contribution in [0.5, 0.6) is 0 Å². The first-order valence-corrected chi connectivity index (χ1v) is 7.30. The van der Waals surface area contributed by atoms with Gasteiger partial charge in [0.05, 0.1) is 6.42 Å². The van der Waals surface area contributed by atoms with Crippen LogP contribution in [0.25, 0.3) is 0 Å². The van der Waals surface area contributed by atoms with Gasteiger partial charge in [-0.05, 0) is 40.7 Å². The molecule has 1 aliphatic carbocycles. The topological polar surface area (TPSA) is 29.5 Å². The Kier molecular flexibility index (Phi) is 6.13. The van der Waals surface area contributed by atoms with Gasteiger partial charge in [-0.25, -0.2) is 0 Å². The zero-order valence-electron chi connectivity index (χ0n) is 12.5. The highest BCUT2D eigenvalue weighted by Gasteiger charge is 2.20. The van der Waals surface area contributed by atoms with Crippen LogP contribution in [-0.4, -0.2) is 36.1 Å². The molecule has 1 rings (SSSR count). The third-order valence-corrected chi connectivity index (χ3v) is 3.54. The number of hydrogen-bond acceptors (Lipinski definition) is 3. The standard InChI is InChI=1S/C15H29NO2/c1-15(2,3)18-14(17)11-12-16(4)13-9-7-5-6-8-10-13/h13H,5-12H2,1-4H3. The van der Waals surface area contributed by atoms with Crippen LogP contribution in [0.4, 0.5) is 0 Å². The summed E-state index contributed by atoms with van der Waals surface area (Å²) < 4.78 is 5.33. The van der Waals surface area contributed by atoms with Gasteiger partial charge in [0.1, 0.15) is 5.60 Å². The number of rotatable bonds is 4. The van der Waals surface area contributed by atoms with Gasteiger partial charge in [-0.2, -0.15) is 0 Å². The van der Waals surface area contributed by atoms with Gasteiger partial charge in [-0.3, -0.25) is 4.79 Å². The number of carbonyl (C=O) groups is 1. The molecule has 0 radical (unpaired) electrons. The maximum Gasteiger partial charge on any atom is 0.307 e. The second kappa shape index (κ2) is 7.13. The SMILES string of the molecule is CN(CCC(=O)OC(C)(C)C)C1CCCCCC1. The number of nitrogens with zero attached hydrogens (tertiary/aromatic N) is 1. The summed E-state index contributed by atoms with van der Waals surface area (Å²) in [4.78, 5) is 14.0. The average Bonchev–Trinajstić information content (AvgIpc) is 2.52. The highest BCUT2D eigenvalue weighted by atomic mass is 16.6. The molecule has 0 N–H and O–H groups in total. The lowest BCUT2D eigenvalue weighted by molar-refractivity contribution is -0.155. The monoisotopic (exact) mass is 255 g/mol. The van der Waals surface area contributed by atoms with Crippen LogP contribution in [0.3, 0.4) is 0 Å². The van der Waals surface area contributed by atoms with Crippen molar-refractivity contribution in [3.8, 4) is 0 Å². The third kappa shape index (κ3) is 6.39. The molecule has 106 valence electrons. The molecule has 0 heterocycles. The molecule has 0 amide bonds. The number of hydrogen-bond donors (Lipinski definition) is 0. The van der Waals surface area contributed by atoms with E-state index in [2.05, 4.69) is 11.9 Å². The van der Waals surface area contributed by atoms with E-state index < -0.39 is 0 Å². The minimum atomic E-state index is -0.363. The van der Waals surface area contributed by atoms with E-state index in [1.165, 1.54) is 38.5 Å². The molecule has 0 atom stereocenters. The average molecular weight is 255 g/mol. The molecule has 0 unspecified atom stereocenters. The van der Waals surface area contributed by atoms with E-state index in [4.69, 9.17) is 4.74 Å². The van der Waals surface area contributed by atoms with Crippen LogP contribution < -0.4 is 0 Å². The van der Waals surface area contributed by atoms with Crippen molar-refractivity contribution in [1.29, 1.82) is 0 Å². The van der Waals surface area contributed by atoms with Gasteiger partial charge in [-0.15, -0.1) is 0 Å². The first kappa shape index (κ1) is 15.5. The number of carbonyl (C=O) groups excluding carboxylic acids is 1. The summed E-state index contributed by atoms with van der Waals surface area (Å²) in [5.41, 5.74) is -0.363. The van der Waals surface area contributed by atoms with E-state index in [1.54, 1.807) is 0 Å². The Labute approximate surface area is 112 Å². The van der Waals surface area contributed by atoms with Crippen molar-refractivity contribution in [2.45, 2.75) is 77.4 Å². The van der Waals surface area contributed by atoms with Crippen molar-refractivity contribution in [2.75, 3.05) is 13.6 Å². The third-order valence-electron chi connectivity index (χ3n) is 3.54. The van der Waals surface area contributed by atoms with Crippen LogP contribution >= 0.6 is 0 Å². The summed E-state index contributed by atoms with van der Waals surface area (Å²) in [5, 5.41) is 0. The van der Waals surface area contributed by atoms with Crippen molar-refractivity contribution in [1.82, 2.24) is 4.90 Å². The van der Waals surface area contributed by atoms with Crippen molar-refractivity contribution >= 4 is 5.97 Å². The molecule has 0 aromatic carbocycles. The second-order valence-corrected chi connectivity index (χ2v) is 6.46. The van der Waals surface area contributed by atoms with Crippen LogP contribution in [-0.2, 0) is 9.53 Å². The molecule has 0 bridgehead atoms. The summed E-state index contributed by atoms with van der Waals surface area (Å²) >= 11 is 0. The highest BCUT2D eigenvalue weighted by Crippen LogP contribution is 2.21. The normalized spacial score (nSPS) is 18.7. The van der Waals surface area contributed by atoms with Gasteiger partial charge in [0.15, 0.2) is 0 Å². The molecule has 3 nitrogen and oxygen atoms in total. The first-order chi connectivity index (χ1) is 8.38. The zero-order chi connectivity index (χ0) is 13.6. The second-order valence-electron chi connectivity index (χ2n) is 6.46. The fourth-order valence-electron chi connectivity index (χ4n) is 2.54. The molecule has 0 aromatic heterocycles. The van der Waals surface area contributed by atoms with E-state index in [9.17, 15) is 4.79 Å². The number of esters is 1. The Balaban J connectivity index is 2.27. The van der Waals surface area contributed by atoms with E-state index in [0.29, 0.717) is 12.5 Å². The Hall–Kier alpha value is -0.570. The minimum Gasteiger partial charge on any atom is -0.460 e. The summed E-state index contributed by atoms with van der Waals surface area (Å²) in [6.45, 7) is 6.57. The van der Waals surface area contributed by atoms with Crippen LogP contribution in [0, 0.1) is 0 Å². The molecule has 0 spiro atoms.